The van der Waals surface area contributed by atoms with Gasteiger partial charge in [-0.25, -0.2) is 9.97 Å². The lowest BCUT2D eigenvalue weighted by atomic mass is 10.2. The smallest absolute Gasteiger partial charge is 0.387 e. The van der Waals surface area contributed by atoms with Gasteiger partial charge in [0.15, 0.2) is 5.16 Å². The normalized spacial score (nSPS) is 10.6. The number of carbonyl (C=O) groups excluding carboxylic acids is 1. The molecule has 0 N–H and O–H groups in total. The molecule has 2 rings (SSSR count). The molecule has 0 aliphatic rings. The van der Waals surface area contributed by atoms with Gasteiger partial charge in [-0.15, -0.1) is 0 Å². The molecule has 0 aliphatic heterocycles. The molecule has 1 amide bonds. The Morgan fingerprint density at radius 1 is 1.26 bits per heavy atom. The summed E-state index contributed by atoms with van der Waals surface area (Å²) in [4.78, 5) is 21.7. The molecule has 0 spiro atoms. The number of halogens is 2. The zero-order chi connectivity index (χ0) is 16.7. The zero-order valence-electron chi connectivity index (χ0n) is 12.4. The molecule has 1 heterocycles. The van der Waals surface area contributed by atoms with Crippen molar-refractivity contribution in [1.82, 2.24) is 14.9 Å². The average Bonchev–Trinajstić information content (AvgIpc) is 2.55. The van der Waals surface area contributed by atoms with Crippen LogP contribution in [0.1, 0.15) is 5.56 Å². The molecule has 2 aromatic rings. The van der Waals surface area contributed by atoms with Gasteiger partial charge in [0.2, 0.25) is 5.91 Å². The quantitative estimate of drug-likeness (QED) is 0.573. The van der Waals surface area contributed by atoms with Crippen molar-refractivity contribution in [3.05, 3.63) is 48.3 Å². The molecule has 122 valence electrons. The predicted molar refractivity (Wildman–Crippen MR) is 82.3 cm³/mol. The predicted octanol–water partition coefficient (Wildman–Crippen LogP) is 2.83. The van der Waals surface area contributed by atoms with Crippen LogP contribution in [0.2, 0.25) is 0 Å². The number of benzene rings is 1. The molecule has 0 saturated heterocycles. The van der Waals surface area contributed by atoms with Gasteiger partial charge in [-0.05, 0) is 23.8 Å². The highest BCUT2D eigenvalue weighted by atomic mass is 32.2. The van der Waals surface area contributed by atoms with Crippen molar-refractivity contribution in [3.63, 3.8) is 0 Å². The Balaban J connectivity index is 1.83. The van der Waals surface area contributed by atoms with Crippen molar-refractivity contribution >= 4 is 17.7 Å². The van der Waals surface area contributed by atoms with E-state index in [1.165, 1.54) is 23.9 Å². The van der Waals surface area contributed by atoms with Gasteiger partial charge in [0, 0.05) is 26.0 Å². The minimum absolute atomic E-state index is 0.0737. The number of hydrogen-bond acceptors (Lipinski definition) is 5. The Morgan fingerprint density at radius 3 is 2.52 bits per heavy atom. The number of hydrogen-bond donors (Lipinski definition) is 0. The summed E-state index contributed by atoms with van der Waals surface area (Å²) in [5.74, 6) is 0.248. The first kappa shape index (κ1) is 17.1. The van der Waals surface area contributed by atoms with Crippen molar-refractivity contribution in [2.24, 2.45) is 0 Å². The van der Waals surface area contributed by atoms with Crippen molar-refractivity contribution in [2.75, 3.05) is 12.8 Å². The fourth-order valence-electron chi connectivity index (χ4n) is 1.73. The largest absolute Gasteiger partial charge is 0.435 e. The lowest BCUT2D eigenvalue weighted by molar-refractivity contribution is -0.127. The molecule has 1 aromatic carbocycles. The van der Waals surface area contributed by atoms with Crippen LogP contribution < -0.4 is 4.74 Å². The van der Waals surface area contributed by atoms with Crippen molar-refractivity contribution in [1.29, 1.82) is 0 Å². The van der Waals surface area contributed by atoms with E-state index in [9.17, 15) is 13.6 Å². The average molecular weight is 339 g/mol. The van der Waals surface area contributed by atoms with Crippen LogP contribution >= 0.6 is 11.8 Å². The molecule has 5 nitrogen and oxygen atoms in total. The zero-order valence-corrected chi connectivity index (χ0v) is 13.2. The number of aromatic nitrogens is 2. The summed E-state index contributed by atoms with van der Waals surface area (Å²) < 4.78 is 28.4. The van der Waals surface area contributed by atoms with Crippen LogP contribution in [-0.4, -0.2) is 40.2 Å². The molecule has 23 heavy (non-hydrogen) atoms. The van der Waals surface area contributed by atoms with E-state index in [2.05, 4.69) is 14.7 Å². The molecule has 0 aliphatic carbocycles. The number of carbonyl (C=O) groups is 1. The summed E-state index contributed by atoms with van der Waals surface area (Å²) in [5.41, 5.74) is 0.823. The van der Waals surface area contributed by atoms with Crippen LogP contribution in [0.5, 0.6) is 5.75 Å². The third-order valence-corrected chi connectivity index (χ3v) is 3.72. The van der Waals surface area contributed by atoms with Gasteiger partial charge in [-0.1, -0.05) is 23.9 Å². The number of ether oxygens (including phenoxy) is 1. The second kappa shape index (κ2) is 8.42. The SMILES string of the molecule is CN(Cc1ccc(OC(F)F)cc1)C(=O)CSc1ncccn1. The molecule has 0 unspecified atom stereocenters. The molecule has 0 saturated carbocycles. The maximum Gasteiger partial charge on any atom is 0.387 e. The van der Waals surface area contributed by atoms with Crippen LogP contribution in [0.4, 0.5) is 8.78 Å². The Labute approximate surface area is 136 Å². The standard InChI is InChI=1S/C15H15F2N3O2S/c1-20(13(21)10-23-15-18-7-2-8-19-15)9-11-3-5-12(6-4-11)22-14(16)17/h2-8,14H,9-10H2,1H3. The van der Waals surface area contributed by atoms with E-state index < -0.39 is 6.61 Å². The van der Waals surface area contributed by atoms with Gasteiger partial charge in [-0.2, -0.15) is 8.78 Å². The summed E-state index contributed by atoms with van der Waals surface area (Å²) in [6.45, 7) is -2.47. The van der Waals surface area contributed by atoms with Gasteiger partial charge in [0.25, 0.3) is 0 Å². The van der Waals surface area contributed by atoms with E-state index in [1.807, 2.05) is 0 Å². The Kier molecular flexibility index (Phi) is 6.28. The second-order valence-corrected chi connectivity index (χ2v) is 5.53. The number of thioether (sulfide) groups is 1. The van der Waals surface area contributed by atoms with E-state index in [4.69, 9.17) is 0 Å². The number of rotatable bonds is 7. The molecular formula is C15H15F2N3O2S. The summed E-state index contributed by atoms with van der Waals surface area (Å²) in [7, 11) is 1.68. The summed E-state index contributed by atoms with van der Waals surface area (Å²) in [6, 6.07) is 7.90. The molecule has 0 radical (unpaired) electrons. The molecule has 0 bridgehead atoms. The third-order valence-electron chi connectivity index (χ3n) is 2.86. The maximum absolute atomic E-state index is 12.1. The van der Waals surface area contributed by atoms with E-state index >= 15 is 0 Å². The molecular weight excluding hydrogens is 324 g/mol. The van der Waals surface area contributed by atoms with Gasteiger partial charge in [-0.3, -0.25) is 4.79 Å². The fourth-order valence-corrected chi connectivity index (χ4v) is 2.48. The van der Waals surface area contributed by atoms with E-state index in [0.29, 0.717) is 11.7 Å². The molecule has 8 heteroatoms. The van der Waals surface area contributed by atoms with E-state index in [0.717, 1.165) is 5.56 Å². The van der Waals surface area contributed by atoms with Crippen molar-refractivity contribution < 1.29 is 18.3 Å². The lowest BCUT2D eigenvalue weighted by Crippen LogP contribution is -2.27. The fraction of sp³-hybridized carbons (Fsp3) is 0.267. The topological polar surface area (TPSA) is 55.3 Å². The van der Waals surface area contributed by atoms with Crippen LogP contribution in [-0.2, 0) is 11.3 Å². The van der Waals surface area contributed by atoms with Crippen LogP contribution in [0.25, 0.3) is 0 Å². The molecule has 0 fully saturated rings. The first-order valence-corrected chi connectivity index (χ1v) is 7.70. The first-order valence-electron chi connectivity index (χ1n) is 6.72. The number of alkyl halides is 2. The number of nitrogens with zero attached hydrogens (tertiary/aromatic N) is 3. The van der Waals surface area contributed by atoms with Crippen molar-refractivity contribution in [3.8, 4) is 5.75 Å². The van der Waals surface area contributed by atoms with Crippen LogP contribution in [0.3, 0.4) is 0 Å². The van der Waals surface area contributed by atoms with Gasteiger partial charge < -0.3 is 9.64 Å². The van der Waals surface area contributed by atoms with E-state index in [1.54, 1.807) is 42.5 Å². The highest BCUT2D eigenvalue weighted by molar-refractivity contribution is 7.99. The van der Waals surface area contributed by atoms with Crippen LogP contribution in [0.15, 0.2) is 47.9 Å². The second-order valence-electron chi connectivity index (χ2n) is 4.59. The number of amides is 1. The Morgan fingerprint density at radius 2 is 1.91 bits per heavy atom. The minimum atomic E-state index is -2.85. The summed E-state index contributed by atoms with van der Waals surface area (Å²) in [5, 5.41) is 0.544. The van der Waals surface area contributed by atoms with Crippen LogP contribution in [0, 0.1) is 0 Å². The summed E-state index contributed by atoms with van der Waals surface area (Å²) >= 11 is 1.26. The Bertz CT molecular complexity index is 626. The summed E-state index contributed by atoms with van der Waals surface area (Å²) in [6.07, 6.45) is 3.24. The molecule has 1 aromatic heterocycles. The minimum Gasteiger partial charge on any atom is -0.435 e. The first-order chi connectivity index (χ1) is 11.0. The third kappa shape index (κ3) is 5.82. The molecule has 0 atom stereocenters. The van der Waals surface area contributed by atoms with Gasteiger partial charge >= 0.3 is 6.61 Å². The Hall–Kier alpha value is -2.22. The highest BCUT2D eigenvalue weighted by Crippen LogP contribution is 2.16. The van der Waals surface area contributed by atoms with Crippen molar-refractivity contribution in [2.45, 2.75) is 18.3 Å². The van der Waals surface area contributed by atoms with Gasteiger partial charge in [0.05, 0.1) is 5.75 Å². The maximum atomic E-state index is 12.1. The van der Waals surface area contributed by atoms with Gasteiger partial charge in [0.1, 0.15) is 5.75 Å². The monoisotopic (exact) mass is 339 g/mol. The lowest BCUT2D eigenvalue weighted by Gasteiger charge is -2.17. The van der Waals surface area contributed by atoms with E-state index in [-0.39, 0.29) is 17.4 Å². The highest BCUT2D eigenvalue weighted by Gasteiger charge is 2.11.